The first-order chi connectivity index (χ1) is 6.09. The highest BCUT2D eigenvalue weighted by atomic mass is 35.5. The van der Waals surface area contributed by atoms with Crippen molar-refractivity contribution in [2.24, 2.45) is 10.9 Å². The monoisotopic (exact) mass is 196 g/mol. The van der Waals surface area contributed by atoms with Crippen molar-refractivity contribution >= 4 is 22.6 Å². The molecule has 1 aromatic heterocycles. The first-order valence-corrected chi connectivity index (χ1v) is 4.65. The van der Waals surface area contributed by atoms with Crippen molar-refractivity contribution in [2.45, 2.75) is 20.8 Å². The predicted octanol–water partition coefficient (Wildman–Crippen LogP) is 3.31. The number of pyridine rings is 1. The summed E-state index contributed by atoms with van der Waals surface area (Å²) in [6, 6.07) is 5.70. The smallest absolute Gasteiger partial charge is 0.153 e. The highest BCUT2D eigenvalue weighted by Crippen LogP contribution is 2.12. The van der Waals surface area contributed by atoms with E-state index in [0.29, 0.717) is 11.0 Å². The second-order valence-corrected chi connectivity index (χ2v) is 3.61. The van der Waals surface area contributed by atoms with Crippen molar-refractivity contribution < 1.29 is 0 Å². The van der Waals surface area contributed by atoms with E-state index in [1.165, 1.54) is 0 Å². The van der Waals surface area contributed by atoms with Gasteiger partial charge in [0.05, 0.1) is 0 Å². The molecule has 0 fully saturated rings. The van der Waals surface area contributed by atoms with E-state index in [1.807, 2.05) is 39.0 Å². The molecule has 1 rings (SSSR count). The fraction of sp³-hybridized carbons (Fsp3) is 0.400. The molecule has 1 heterocycles. The van der Waals surface area contributed by atoms with Gasteiger partial charge in [-0.05, 0) is 19.1 Å². The van der Waals surface area contributed by atoms with Gasteiger partial charge >= 0.3 is 0 Å². The normalized spacial score (nSPS) is 12.2. The van der Waals surface area contributed by atoms with E-state index in [-0.39, 0.29) is 5.92 Å². The molecule has 0 aliphatic rings. The largest absolute Gasteiger partial charge is 0.234 e. The number of nitrogens with zero attached hydrogens (tertiary/aromatic N) is 2. The third-order valence-electron chi connectivity index (χ3n) is 1.57. The number of hydrogen-bond acceptors (Lipinski definition) is 2. The van der Waals surface area contributed by atoms with Crippen molar-refractivity contribution in [2.75, 3.05) is 0 Å². The summed E-state index contributed by atoms with van der Waals surface area (Å²) in [7, 11) is 0. The lowest BCUT2D eigenvalue weighted by atomic mass is 10.2. The maximum atomic E-state index is 5.91. The summed E-state index contributed by atoms with van der Waals surface area (Å²) in [4.78, 5) is 8.41. The molecule has 0 saturated heterocycles. The average molecular weight is 197 g/mol. The van der Waals surface area contributed by atoms with Gasteiger partial charge in [-0.3, -0.25) is 0 Å². The SMILES string of the molecule is Cc1cccc(/N=C(\Cl)C(C)C)n1. The molecule has 1 aromatic rings. The van der Waals surface area contributed by atoms with E-state index in [0.717, 1.165) is 5.69 Å². The fourth-order valence-corrected chi connectivity index (χ4v) is 0.916. The maximum absolute atomic E-state index is 5.91. The summed E-state index contributed by atoms with van der Waals surface area (Å²) >= 11 is 5.91. The number of aromatic nitrogens is 1. The van der Waals surface area contributed by atoms with Crippen LogP contribution in [0.15, 0.2) is 23.2 Å². The molecule has 0 N–H and O–H groups in total. The third kappa shape index (κ3) is 3.15. The molecule has 70 valence electrons. The first kappa shape index (κ1) is 10.2. The van der Waals surface area contributed by atoms with Crippen LogP contribution in [-0.2, 0) is 0 Å². The summed E-state index contributed by atoms with van der Waals surface area (Å²) in [5, 5.41) is 0.595. The second-order valence-electron chi connectivity index (χ2n) is 3.23. The Morgan fingerprint density at radius 3 is 2.69 bits per heavy atom. The minimum Gasteiger partial charge on any atom is -0.234 e. The first-order valence-electron chi connectivity index (χ1n) is 4.27. The molecule has 2 nitrogen and oxygen atoms in total. The number of hydrogen-bond donors (Lipinski definition) is 0. The number of aryl methyl sites for hydroxylation is 1. The van der Waals surface area contributed by atoms with Crippen LogP contribution in [0.5, 0.6) is 0 Å². The molecule has 0 aromatic carbocycles. The van der Waals surface area contributed by atoms with Crippen LogP contribution in [0.3, 0.4) is 0 Å². The molecule has 0 amide bonds. The molecular formula is C10H13ClN2. The van der Waals surface area contributed by atoms with Gasteiger partial charge in [0.1, 0.15) is 5.17 Å². The van der Waals surface area contributed by atoms with Gasteiger partial charge in [0.2, 0.25) is 0 Å². The van der Waals surface area contributed by atoms with Gasteiger partial charge in [-0.2, -0.15) is 0 Å². The van der Waals surface area contributed by atoms with Crippen LogP contribution in [-0.4, -0.2) is 10.2 Å². The lowest BCUT2D eigenvalue weighted by Gasteiger charge is -2.01. The number of rotatable bonds is 2. The standard InChI is InChI=1S/C10H13ClN2/c1-7(2)10(11)13-9-6-4-5-8(3)12-9/h4-7H,1-3H3/b13-10-. The Balaban J connectivity index is 2.91. The van der Waals surface area contributed by atoms with E-state index in [1.54, 1.807) is 0 Å². The van der Waals surface area contributed by atoms with Gasteiger partial charge in [0.25, 0.3) is 0 Å². The Morgan fingerprint density at radius 2 is 2.15 bits per heavy atom. The van der Waals surface area contributed by atoms with Gasteiger partial charge in [0, 0.05) is 11.6 Å². The predicted molar refractivity (Wildman–Crippen MR) is 56.8 cm³/mol. The average Bonchev–Trinajstić information content (AvgIpc) is 2.04. The van der Waals surface area contributed by atoms with Crippen LogP contribution in [0, 0.1) is 12.8 Å². The van der Waals surface area contributed by atoms with Gasteiger partial charge in [-0.25, -0.2) is 9.98 Å². The van der Waals surface area contributed by atoms with Gasteiger partial charge in [-0.15, -0.1) is 0 Å². The Kier molecular flexibility index (Phi) is 3.43. The van der Waals surface area contributed by atoms with Crippen molar-refractivity contribution in [3.05, 3.63) is 23.9 Å². The molecule has 3 heteroatoms. The van der Waals surface area contributed by atoms with E-state index in [9.17, 15) is 0 Å². The minimum atomic E-state index is 0.254. The zero-order valence-corrected chi connectivity index (χ0v) is 8.84. The summed E-state index contributed by atoms with van der Waals surface area (Å²) < 4.78 is 0. The van der Waals surface area contributed by atoms with Crippen LogP contribution in [0.25, 0.3) is 0 Å². The Morgan fingerprint density at radius 1 is 1.46 bits per heavy atom. The van der Waals surface area contributed by atoms with Gasteiger partial charge in [-0.1, -0.05) is 31.5 Å². The van der Waals surface area contributed by atoms with Crippen molar-refractivity contribution in [1.29, 1.82) is 0 Å². The molecule has 0 aliphatic heterocycles. The highest BCUT2D eigenvalue weighted by Gasteiger charge is 2.01. The van der Waals surface area contributed by atoms with E-state index in [2.05, 4.69) is 9.98 Å². The number of halogens is 1. The van der Waals surface area contributed by atoms with Crippen molar-refractivity contribution in [3.8, 4) is 0 Å². The van der Waals surface area contributed by atoms with Crippen molar-refractivity contribution in [3.63, 3.8) is 0 Å². The molecule has 13 heavy (non-hydrogen) atoms. The zero-order chi connectivity index (χ0) is 9.84. The topological polar surface area (TPSA) is 25.2 Å². The van der Waals surface area contributed by atoms with Crippen molar-refractivity contribution in [1.82, 2.24) is 4.98 Å². The van der Waals surface area contributed by atoms with Crippen LogP contribution in [0.2, 0.25) is 0 Å². The summed E-state index contributed by atoms with van der Waals surface area (Å²) in [5.41, 5.74) is 0.953. The van der Waals surface area contributed by atoms with E-state index >= 15 is 0 Å². The molecule has 0 saturated carbocycles. The Bertz CT molecular complexity index is 318. The quantitative estimate of drug-likeness (QED) is 0.667. The van der Waals surface area contributed by atoms with Crippen LogP contribution in [0.4, 0.5) is 5.82 Å². The van der Waals surface area contributed by atoms with Crippen LogP contribution < -0.4 is 0 Å². The Hall–Kier alpha value is -0.890. The van der Waals surface area contributed by atoms with E-state index < -0.39 is 0 Å². The molecule has 0 spiro atoms. The molecule has 0 aliphatic carbocycles. The molecule has 0 atom stereocenters. The van der Waals surface area contributed by atoms with Gasteiger partial charge in [0.15, 0.2) is 5.82 Å². The van der Waals surface area contributed by atoms with Gasteiger partial charge < -0.3 is 0 Å². The zero-order valence-electron chi connectivity index (χ0n) is 8.08. The van der Waals surface area contributed by atoms with Crippen LogP contribution in [0.1, 0.15) is 19.5 Å². The summed E-state index contributed by atoms with van der Waals surface area (Å²) in [5.74, 6) is 0.933. The molecule has 0 radical (unpaired) electrons. The van der Waals surface area contributed by atoms with E-state index in [4.69, 9.17) is 11.6 Å². The summed E-state index contributed by atoms with van der Waals surface area (Å²) in [6.45, 7) is 5.94. The lowest BCUT2D eigenvalue weighted by molar-refractivity contribution is 0.897. The molecular weight excluding hydrogens is 184 g/mol. The third-order valence-corrected chi connectivity index (χ3v) is 2.09. The molecule has 0 bridgehead atoms. The summed E-state index contributed by atoms with van der Waals surface area (Å²) in [6.07, 6.45) is 0. The Labute approximate surface area is 83.7 Å². The number of aliphatic imine (C=N–C) groups is 1. The fourth-order valence-electron chi connectivity index (χ4n) is 0.829. The highest BCUT2D eigenvalue weighted by molar-refractivity contribution is 6.66. The minimum absolute atomic E-state index is 0.254. The molecule has 0 unspecified atom stereocenters. The lowest BCUT2D eigenvalue weighted by Crippen LogP contribution is -1.97. The van der Waals surface area contributed by atoms with Crippen LogP contribution >= 0.6 is 11.6 Å². The maximum Gasteiger partial charge on any atom is 0.153 e. The second kappa shape index (κ2) is 4.38.